The molecule has 0 bridgehead atoms. The van der Waals surface area contributed by atoms with Crippen LogP contribution in [0.4, 0.5) is 0 Å². The summed E-state index contributed by atoms with van der Waals surface area (Å²) in [6.45, 7) is 4.27. The van der Waals surface area contributed by atoms with Gasteiger partial charge in [-0.05, 0) is 30.2 Å². The van der Waals surface area contributed by atoms with Gasteiger partial charge in [-0.2, -0.15) is 0 Å². The van der Waals surface area contributed by atoms with Crippen molar-refractivity contribution in [2.75, 3.05) is 13.1 Å². The number of rotatable bonds is 6. The normalized spacial score (nSPS) is 17.3. The SMILES string of the molecule is Cc1ccccc1CN1CCNC(=O)[C@@H]1CC(=O)NCc1nnc2ccccn12. The number of hydrogen-bond donors (Lipinski definition) is 2. The van der Waals surface area contributed by atoms with Crippen LogP contribution >= 0.6 is 0 Å². The molecule has 4 rings (SSSR count). The number of piperazine rings is 1. The summed E-state index contributed by atoms with van der Waals surface area (Å²) in [4.78, 5) is 27.1. The molecule has 1 saturated heterocycles. The van der Waals surface area contributed by atoms with Crippen LogP contribution in [0.3, 0.4) is 0 Å². The van der Waals surface area contributed by atoms with Gasteiger partial charge in [0.15, 0.2) is 11.5 Å². The molecule has 3 aromatic rings. The topological polar surface area (TPSA) is 91.6 Å². The first-order valence-electron chi connectivity index (χ1n) is 9.73. The fourth-order valence-electron chi connectivity index (χ4n) is 3.62. The number of aromatic nitrogens is 3. The molecule has 0 unspecified atom stereocenters. The number of pyridine rings is 1. The maximum Gasteiger partial charge on any atom is 0.237 e. The molecular formula is C21H24N6O2. The highest BCUT2D eigenvalue weighted by molar-refractivity contribution is 5.88. The molecule has 8 nitrogen and oxygen atoms in total. The Morgan fingerprint density at radius 1 is 1.21 bits per heavy atom. The van der Waals surface area contributed by atoms with Crippen molar-refractivity contribution in [3.05, 3.63) is 65.6 Å². The van der Waals surface area contributed by atoms with Crippen LogP contribution in [0.5, 0.6) is 0 Å². The lowest BCUT2D eigenvalue weighted by Gasteiger charge is -2.35. The number of nitrogens with zero attached hydrogens (tertiary/aromatic N) is 4. The zero-order valence-corrected chi connectivity index (χ0v) is 16.3. The fraction of sp³-hybridized carbons (Fsp3) is 0.333. The number of aryl methyl sites for hydroxylation is 1. The molecule has 1 aliphatic rings. The third-order valence-corrected chi connectivity index (χ3v) is 5.28. The summed E-state index contributed by atoms with van der Waals surface area (Å²) >= 11 is 0. The molecule has 0 spiro atoms. The second kappa shape index (κ2) is 8.40. The number of fused-ring (bicyclic) bond motifs is 1. The minimum absolute atomic E-state index is 0.104. The van der Waals surface area contributed by atoms with Crippen LogP contribution in [0.1, 0.15) is 23.4 Å². The van der Waals surface area contributed by atoms with Crippen LogP contribution in [0.2, 0.25) is 0 Å². The molecule has 29 heavy (non-hydrogen) atoms. The van der Waals surface area contributed by atoms with Gasteiger partial charge in [0, 0.05) is 25.8 Å². The zero-order chi connectivity index (χ0) is 20.2. The molecule has 8 heteroatoms. The predicted molar refractivity (Wildman–Crippen MR) is 108 cm³/mol. The first-order chi connectivity index (χ1) is 14.1. The molecule has 2 aromatic heterocycles. The average molecular weight is 392 g/mol. The molecule has 150 valence electrons. The van der Waals surface area contributed by atoms with Crippen molar-refractivity contribution in [1.82, 2.24) is 30.1 Å². The van der Waals surface area contributed by atoms with E-state index < -0.39 is 6.04 Å². The molecule has 2 N–H and O–H groups in total. The maximum atomic E-state index is 12.6. The number of amides is 2. The zero-order valence-electron chi connectivity index (χ0n) is 16.3. The van der Waals surface area contributed by atoms with Crippen molar-refractivity contribution in [2.45, 2.75) is 32.5 Å². The van der Waals surface area contributed by atoms with E-state index in [4.69, 9.17) is 0 Å². The van der Waals surface area contributed by atoms with Crippen LogP contribution < -0.4 is 10.6 Å². The van der Waals surface area contributed by atoms with Gasteiger partial charge in [0.1, 0.15) is 0 Å². The van der Waals surface area contributed by atoms with Gasteiger partial charge in [0.2, 0.25) is 11.8 Å². The summed E-state index contributed by atoms with van der Waals surface area (Å²) in [5.41, 5.74) is 3.08. The van der Waals surface area contributed by atoms with Crippen molar-refractivity contribution in [1.29, 1.82) is 0 Å². The van der Waals surface area contributed by atoms with Gasteiger partial charge < -0.3 is 10.6 Å². The van der Waals surface area contributed by atoms with Gasteiger partial charge in [-0.3, -0.25) is 18.9 Å². The van der Waals surface area contributed by atoms with Crippen molar-refractivity contribution in [3.8, 4) is 0 Å². The maximum absolute atomic E-state index is 12.6. The lowest BCUT2D eigenvalue weighted by atomic mass is 10.0. The Kier molecular flexibility index (Phi) is 5.53. The second-order valence-corrected chi connectivity index (χ2v) is 7.23. The van der Waals surface area contributed by atoms with Gasteiger partial charge in [-0.15, -0.1) is 10.2 Å². The Morgan fingerprint density at radius 3 is 2.90 bits per heavy atom. The van der Waals surface area contributed by atoms with Crippen LogP contribution in [0, 0.1) is 6.92 Å². The highest BCUT2D eigenvalue weighted by Gasteiger charge is 2.31. The summed E-state index contributed by atoms with van der Waals surface area (Å²) in [6, 6.07) is 13.3. The smallest absolute Gasteiger partial charge is 0.237 e. The lowest BCUT2D eigenvalue weighted by Crippen LogP contribution is -2.56. The van der Waals surface area contributed by atoms with Crippen molar-refractivity contribution >= 4 is 17.5 Å². The highest BCUT2D eigenvalue weighted by Crippen LogP contribution is 2.16. The Bertz CT molecular complexity index is 1030. The van der Waals surface area contributed by atoms with E-state index in [-0.39, 0.29) is 24.8 Å². The summed E-state index contributed by atoms with van der Waals surface area (Å²) in [5.74, 6) is 0.362. The van der Waals surface area contributed by atoms with E-state index in [1.807, 2.05) is 40.9 Å². The van der Waals surface area contributed by atoms with E-state index >= 15 is 0 Å². The fourth-order valence-corrected chi connectivity index (χ4v) is 3.62. The Morgan fingerprint density at radius 2 is 2.03 bits per heavy atom. The number of carbonyl (C=O) groups is 2. The van der Waals surface area contributed by atoms with Crippen LogP contribution in [0.15, 0.2) is 48.7 Å². The Balaban J connectivity index is 1.40. The molecule has 1 aromatic carbocycles. The van der Waals surface area contributed by atoms with Crippen molar-refractivity contribution < 1.29 is 9.59 Å². The molecule has 2 amide bonds. The summed E-state index contributed by atoms with van der Waals surface area (Å²) in [5, 5.41) is 13.9. The molecule has 3 heterocycles. The van der Waals surface area contributed by atoms with Gasteiger partial charge >= 0.3 is 0 Å². The Hall–Kier alpha value is -3.26. The quantitative estimate of drug-likeness (QED) is 0.654. The van der Waals surface area contributed by atoms with E-state index in [1.165, 1.54) is 11.1 Å². The van der Waals surface area contributed by atoms with E-state index in [0.29, 0.717) is 25.5 Å². The number of benzene rings is 1. The predicted octanol–water partition coefficient (Wildman–Crippen LogP) is 1.04. The van der Waals surface area contributed by atoms with E-state index in [0.717, 1.165) is 5.65 Å². The van der Waals surface area contributed by atoms with Crippen molar-refractivity contribution in [3.63, 3.8) is 0 Å². The summed E-state index contributed by atoms with van der Waals surface area (Å²) in [6.07, 6.45) is 1.96. The standard InChI is InChI=1S/C21H24N6O2/c1-15-6-2-3-7-16(15)14-26-11-9-22-21(29)17(26)12-20(28)23-13-19-25-24-18-8-4-5-10-27(18)19/h2-8,10,17H,9,11-14H2,1H3,(H,22,29)(H,23,28)/t17-/m0/s1. The Labute approximate surface area is 168 Å². The molecule has 1 fully saturated rings. The average Bonchev–Trinajstić information content (AvgIpc) is 3.14. The van der Waals surface area contributed by atoms with E-state index in [2.05, 4.69) is 44.8 Å². The van der Waals surface area contributed by atoms with Gasteiger partial charge in [-0.1, -0.05) is 30.3 Å². The molecular weight excluding hydrogens is 368 g/mol. The van der Waals surface area contributed by atoms with E-state index in [1.54, 1.807) is 0 Å². The summed E-state index contributed by atoms with van der Waals surface area (Å²) < 4.78 is 1.83. The highest BCUT2D eigenvalue weighted by atomic mass is 16.2. The molecule has 1 aliphatic heterocycles. The molecule has 0 radical (unpaired) electrons. The third-order valence-electron chi connectivity index (χ3n) is 5.28. The van der Waals surface area contributed by atoms with Gasteiger partial charge in [0.25, 0.3) is 0 Å². The van der Waals surface area contributed by atoms with E-state index in [9.17, 15) is 9.59 Å². The first-order valence-corrected chi connectivity index (χ1v) is 9.73. The number of carbonyl (C=O) groups excluding carboxylic acids is 2. The third kappa shape index (κ3) is 4.27. The minimum Gasteiger partial charge on any atom is -0.353 e. The largest absolute Gasteiger partial charge is 0.353 e. The lowest BCUT2D eigenvalue weighted by molar-refractivity contribution is -0.134. The number of hydrogen-bond acceptors (Lipinski definition) is 5. The second-order valence-electron chi connectivity index (χ2n) is 7.23. The number of nitrogens with one attached hydrogen (secondary N) is 2. The minimum atomic E-state index is -0.488. The van der Waals surface area contributed by atoms with Gasteiger partial charge in [0.05, 0.1) is 19.0 Å². The van der Waals surface area contributed by atoms with Crippen LogP contribution in [0.25, 0.3) is 5.65 Å². The van der Waals surface area contributed by atoms with Crippen LogP contribution in [-0.4, -0.2) is 50.4 Å². The first kappa shape index (κ1) is 19.1. The summed E-state index contributed by atoms with van der Waals surface area (Å²) in [7, 11) is 0. The van der Waals surface area contributed by atoms with Crippen LogP contribution in [-0.2, 0) is 22.7 Å². The van der Waals surface area contributed by atoms with Crippen molar-refractivity contribution in [2.24, 2.45) is 0 Å². The molecule has 0 aliphatic carbocycles. The molecule has 1 atom stereocenters. The molecule has 0 saturated carbocycles. The van der Waals surface area contributed by atoms with Gasteiger partial charge in [-0.25, -0.2) is 0 Å². The monoisotopic (exact) mass is 392 g/mol.